The predicted octanol–water partition coefficient (Wildman–Crippen LogP) is 3.19. The highest BCUT2D eigenvalue weighted by Crippen LogP contribution is 2.26. The van der Waals surface area contributed by atoms with Crippen LogP contribution in [0, 0.1) is 5.82 Å². The average molecular weight is 373 g/mol. The van der Waals surface area contributed by atoms with Crippen molar-refractivity contribution in [3.05, 3.63) is 53.2 Å². The molecule has 24 heavy (non-hydrogen) atoms. The average Bonchev–Trinajstić information content (AvgIpc) is 3.20. The highest BCUT2D eigenvalue weighted by Gasteiger charge is 2.28. The molecule has 8 heteroatoms. The smallest absolute Gasteiger partial charge is 0.242 e. The van der Waals surface area contributed by atoms with Crippen LogP contribution in [0.15, 0.2) is 45.9 Å². The van der Waals surface area contributed by atoms with E-state index < -0.39 is 15.8 Å². The monoisotopic (exact) mass is 372 g/mol. The zero-order valence-electron chi connectivity index (χ0n) is 12.9. The standard InChI is InChI=1S/C16H18ClFN2O3S/c17-13-10-12(18)5-6-16(13)24(21,22)19-11-14(15-4-3-9-23-15)20-7-1-2-8-20/h3-6,9-10,14,19H,1-2,7-8,11H2/t14-/m0/s1. The lowest BCUT2D eigenvalue weighted by molar-refractivity contribution is 0.216. The van der Waals surface area contributed by atoms with Crippen LogP contribution in [0.4, 0.5) is 4.39 Å². The first-order valence-electron chi connectivity index (χ1n) is 7.69. The number of rotatable bonds is 6. The lowest BCUT2D eigenvalue weighted by Crippen LogP contribution is -2.36. The number of nitrogens with one attached hydrogen (secondary N) is 1. The summed E-state index contributed by atoms with van der Waals surface area (Å²) in [6, 6.07) is 6.66. The lowest BCUT2D eigenvalue weighted by atomic mass is 10.2. The number of likely N-dealkylation sites (tertiary alicyclic amines) is 1. The van der Waals surface area contributed by atoms with Gasteiger partial charge in [-0.05, 0) is 56.3 Å². The van der Waals surface area contributed by atoms with Crippen LogP contribution in [0.1, 0.15) is 24.6 Å². The molecule has 130 valence electrons. The maximum Gasteiger partial charge on any atom is 0.242 e. The van der Waals surface area contributed by atoms with Crippen LogP contribution in [-0.4, -0.2) is 33.0 Å². The van der Waals surface area contributed by atoms with Gasteiger partial charge in [-0.2, -0.15) is 0 Å². The van der Waals surface area contributed by atoms with Gasteiger partial charge in [0.05, 0.1) is 17.3 Å². The fraction of sp³-hybridized carbons (Fsp3) is 0.375. The first-order valence-corrected chi connectivity index (χ1v) is 9.56. The molecule has 0 saturated carbocycles. The van der Waals surface area contributed by atoms with E-state index in [1.807, 2.05) is 6.07 Å². The molecule has 0 bridgehead atoms. The third-order valence-electron chi connectivity index (χ3n) is 4.10. The Balaban J connectivity index is 1.78. The summed E-state index contributed by atoms with van der Waals surface area (Å²) >= 11 is 5.87. The van der Waals surface area contributed by atoms with Crippen molar-refractivity contribution in [1.29, 1.82) is 0 Å². The highest BCUT2D eigenvalue weighted by molar-refractivity contribution is 7.89. The molecule has 1 fully saturated rings. The van der Waals surface area contributed by atoms with E-state index in [-0.39, 0.29) is 22.5 Å². The van der Waals surface area contributed by atoms with Gasteiger partial charge in [-0.15, -0.1) is 0 Å². The summed E-state index contributed by atoms with van der Waals surface area (Å²) < 4.78 is 46.1. The molecule has 0 spiro atoms. The maximum absolute atomic E-state index is 13.1. The molecule has 5 nitrogen and oxygen atoms in total. The van der Waals surface area contributed by atoms with E-state index in [2.05, 4.69) is 9.62 Å². The number of sulfonamides is 1. The van der Waals surface area contributed by atoms with Crippen molar-refractivity contribution in [2.45, 2.75) is 23.8 Å². The summed E-state index contributed by atoms with van der Waals surface area (Å²) in [4.78, 5) is 2.05. The van der Waals surface area contributed by atoms with Crippen molar-refractivity contribution in [2.75, 3.05) is 19.6 Å². The van der Waals surface area contributed by atoms with Crippen LogP contribution in [0.5, 0.6) is 0 Å². The summed E-state index contributed by atoms with van der Waals surface area (Å²) in [5.41, 5.74) is 0. The second-order valence-electron chi connectivity index (χ2n) is 5.70. The van der Waals surface area contributed by atoms with Crippen LogP contribution < -0.4 is 4.72 Å². The third kappa shape index (κ3) is 3.80. The molecule has 1 aromatic carbocycles. The van der Waals surface area contributed by atoms with Gasteiger partial charge < -0.3 is 4.42 Å². The number of furan rings is 1. The van der Waals surface area contributed by atoms with Gasteiger partial charge in [0, 0.05) is 6.54 Å². The third-order valence-corrected chi connectivity index (χ3v) is 6.01. The van der Waals surface area contributed by atoms with Gasteiger partial charge in [-0.1, -0.05) is 11.6 Å². The van der Waals surface area contributed by atoms with Gasteiger partial charge in [0.25, 0.3) is 0 Å². The SMILES string of the molecule is O=S(=O)(NC[C@@H](c1ccco1)N1CCCC1)c1ccc(F)cc1Cl. The van der Waals surface area contributed by atoms with Gasteiger partial charge >= 0.3 is 0 Å². The molecule has 0 aliphatic carbocycles. The van der Waals surface area contributed by atoms with E-state index in [0.717, 1.165) is 44.1 Å². The summed E-state index contributed by atoms with van der Waals surface area (Å²) in [6.45, 7) is 1.94. The second-order valence-corrected chi connectivity index (χ2v) is 7.84. The van der Waals surface area contributed by atoms with Crippen LogP contribution in [0.25, 0.3) is 0 Å². The Labute approximate surface area is 145 Å². The molecule has 0 amide bonds. The van der Waals surface area contributed by atoms with Crippen LogP contribution in [0.2, 0.25) is 5.02 Å². The first kappa shape index (κ1) is 17.4. The number of nitrogens with zero attached hydrogens (tertiary/aromatic N) is 1. The summed E-state index contributed by atoms with van der Waals surface area (Å²) in [5.74, 6) is 0.134. The molecule has 2 heterocycles. The molecule has 1 aromatic heterocycles. The minimum Gasteiger partial charge on any atom is -0.468 e. The van der Waals surface area contributed by atoms with Crippen LogP contribution >= 0.6 is 11.6 Å². The van der Waals surface area contributed by atoms with E-state index in [9.17, 15) is 12.8 Å². The second kappa shape index (κ2) is 7.23. The zero-order valence-corrected chi connectivity index (χ0v) is 14.5. The Morgan fingerprint density at radius 2 is 2.04 bits per heavy atom. The van der Waals surface area contributed by atoms with Gasteiger partial charge in [-0.25, -0.2) is 17.5 Å². The van der Waals surface area contributed by atoms with E-state index in [1.165, 1.54) is 0 Å². The van der Waals surface area contributed by atoms with E-state index >= 15 is 0 Å². The predicted molar refractivity (Wildman–Crippen MR) is 88.9 cm³/mol. The van der Waals surface area contributed by atoms with Crippen molar-refractivity contribution >= 4 is 21.6 Å². The lowest BCUT2D eigenvalue weighted by Gasteiger charge is -2.26. The Morgan fingerprint density at radius 3 is 2.67 bits per heavy atom. The minimum atomic E-state index is -3.84. The molecule has 3 rings (SSSR count). The van der Waals surface area contributed by atoms with E-state index in [1.54, 1.807) is 12.3 Å². The zero-order chi connectivity index (χ0) is 17.2. The van der Waals surface area contributed by atoms with Crippen LogP contribution in [0.3, 0.4) is 0 Å². The fourth-order valence-corrected chi connectivity index (χ4v) is 4.47. The van der Waals surface area contributed by atoms with Gasteiger partial charge in [0.2, 0.25) is 10.0 Å². The van der Waals surface area contributed by atoms with Crippen molar-refractivity contribution in [3.63, 3.8) is 0 Å². The topological polar surface area (TPSA) is 62.6 Å². The molecule has 0 unspecified atom stereocenters. The summed E-state index contributed by atoms with van der Waals surface area (Å²) in [7, 11) is -3.84. The van der Waals surface area contributed by atoms with Crippen LogP contribution in [-0.2, 0) is 10.0 Å². The number of hydrogen-bond donors (Lipinski definition) is 1. The fourth-order valence-electron chi connectivity index (χ4n) is 2.90. The number of benzene rings is 1. The van der Waals surface area contributed by atoms with E-state index in [0.29, 0.717) is 5.76 Å². The van der Waals surface area contributed by atoms with Crippen molar-refractivity contribution < 1.29 is 17.2 Å². The molecular formula is C16H18ClFN2O3S. The molecule has 1 atom stereocenters. The van der Waals surface area contributed by atoms with Gasteiger partial charge in [-0.3, -0.25) is 4.90 Å². The molecule has 1 aliphatic heterocycles. The number of hydrogen-bond acceptors (Lipinski definition) is 4. The Morgan fingerprint density at radius 1 is 1.29 bits per heavy atom. The Bertz CT molecular complexity index is 790. The molecular weight excluding hydrogens is 355 g/mol. The molecule has 1 saturated heterocycles. The minimum absolute atomic E-state index is 0.134. The normalized spacial score (nSPS) is 17.2. The summed E-state index contributed by atoms with van der Waals surface area (Å²) in [6.07, 6.45) is 3.73. The largest absolute Gasteiger partial charge is 0.468 e. The molecule has 1 aliphatic rings. The van der Waals surface area contributed by atoms with Crippen molar-refractivity contribution in [2.24, 2.45) is 0 Å². The molecule has 2 aromatic rings. The number of halogens is 2. The molecule has 1 N–H and O–H groups in total. The van der Waals surface area contributed by atoms with Gasteiger partial charge in [0.15, 0.2) is 0 Å². The maximum atomic E-state index is 13.1. The van der Waals surface area contributed by atoms with Crippen molar-refractivity contribution in [3.8, 4) is 0 Å². The molecule has 0 radical (unpaired) electrons. The van der Waals surface area contributed by atoms with Crippen molar-refractivity contribution in [1.82, 2.24) is 9.62 Å². The Hall–Kier alpha value is -1.41. The first-order chi connectivity index (χ1) is 11.5. The van der Waals surface area contributed by atoms with Gasteiger partial charge in [0.1, 0.15) is 16.5 Å². The highest BCUT2D eigenvalue weighted by atomic mass is 35.5. The Kier molecular flexibility index (Phi) is 5.24. The van der Waals surface area contributed by atoms with E-state index in [4.69, 9.17) is 16.0 Å². The summed E-state index contributed by atoms with van der Waals surface area (Å²) in [5, 5.41) is -0.141. The quantitative estimate of drug-likeness (QED) is 0.845.